The maximum Gasteiger partial charge on any atom is 0.150 e. The molecule has 1 N–H and O–H groups in total. The molecule has 0 radical (unpaired) electrons. The number of ether oxygens (including phenoxy) is 1. The highest BCUT2D eigenvalue weighted by molar-refractivity contribution is 7.90. The summed E-state index contributed by atoms with van der Waals surface area (Å²) in [5.74, 6) is -0.249. The largest absolute Gasteiger partial charge is 0.390 e. The molecule has 1 aromatic rings. The summed E-state index contributed by atoms with van der Waals surface area (Å²) in [5.41, 5.74) is 2.46. The molecule has 0 fully saturated rings. The fourth-order valence-electron chi connectivity index (χ4n) is 2.51. The Bertz CT molecular complexity index is 524. The molecule has 4 nitrogen and oxygen atoms in total. The number of aryl methyl sites for hydroxylation is 1. The van der Waals surface area contributed by atoms with Crippen molar-refractivity contribution in [2.24, 2.45) is 0 Å². The van der Waals surface area contributed by atoms with Gasteiger partial charge in [-0.2, -0.15) is 0 Å². The van der Waals surface area contributed by atoms with E-state index in [1.54, 1.807) is 0 Å². The zero-order valence-corrected chi connectivity index (χ0v) is 11.9. The van der Waals surface area contributed by atoms with Gasteiger partial charge in [-0.3, -0.25) is 0 Å². The molecule has 2 rings (SSSR count). The van der Waals surface area contributed by atoms with Crippen LogP contribution in [0.25, 0.3) is 0 Å². The van der Waals surface area contributed by atoms with E-state index in [0.717, 1.165) is 25.5 Å². The highest BCUT2D eigenvalue weighted by Crippen LogP contribution is 2.32. The van der Waals surface area contributed by atoms with Crippen molar-refractivity contribution in [3.05, 3.63) is 35.4 Å². The molecule has 2 unspecified atom stereocenters. The van der Waals surface area contributed by atoms with Crippen LogP contribution in [0, 0.1) is 0 Å². The molecule has 0 saturated heterocycles. The topological polar surface area (TPSA) is 63.6 Å². The average Bonchev–Trinajstić information content (AvgIpc) is 2.34. The van der Waals surface area contributed by atoms with Gasteiger partial charge in [0.15, 0.2) is 0 Å². The van der Waals surface area contributed by atoms with Crippen LogP contribution in [0.3, 0.4) is 0 Å². The Kier molecular flexibility index (Phi) is 4.60. The Labute approximate surface area is 114 Å². The summed E-state index contributed by atoms with van der Waals surface area (Å²) in [7, 11) is -3.17. The van der Waals surface area contributed by atoms with Crippen molar-refractivity contribution in [2.75, 3.05) is 18.6 Å². The lowest BCUT2D eigenvalue weighted by atomic mass is 9.89. The van der Waals surface area contributed by atoms with Gasteiger partial charge in [-0.25, -0.2) is 8.42 Å². The van der Waals surface area contributed by atoms with Gasteiger partial charge >= 0.3 is 0 Å². The van der Waals surface area contributed by atoms with Crippen LogP contribution in [0.5, 0.6) is 0 Å². The molecule has 1 aliphatic carbocycles. The fraction of sp³-hybridized carbons (Fsp3) is 0.571. The summed E-state index contributed by atoms with van der Waals surface area (Å²) in [6.45, 7) is 0.0616. The van der Waals surface area contributed by atoms with E-state index >= 15 is 0 Å². The SMILES string of the molecule is CS(=O)(=O)CC(O)COC1CCCc2ccccc21. The molecule has 0 saturated carbocycles. The van der Waals surface area contributed by atoms with Crippen LogP contribution in [-0.2, 0) is 21.0 Å². The van der Waals surface area contributed by atoms with Gasteiger partial charge in [0.2, 0.25) is 0 Å². The average molecular weight is 284 g/mol. The minimum absolute atomic E-state index is 0.0286. The predicted octanol–water partition coefficient (Wildman–Crippen LogP) is 1.49. The summed E-state index contributed by atoms with van der Waals surface area (Å²) in [6.07, 6.45) is 3.17. The Balaban J connectivity index is 1.94. The molecule has 1 aliphatic rings. The van der Waals surface area contributed by atoms with Crippen LogP contribution in [0.4, 0.5) is 0 Å². The molecular formula is C14H20O4S. The third-order valence-corrected chi connectivity index (χ3v) is 4.29. The first kappa shape index (κ1) is 14.5. The van der Waals surface area contributed by atoms with Gasteiger partial charge in [0.25, 0.3) is 0 Å². The predicted molar refractivity (Wildman–Crippen MR) is 73.8 cm³/mol. The van der Waals surface area contributed by atoms with E-state index in [-0.39, 0.29) is 18.5 Å². The summed E-state index contributed by atoms with van der Waals surface area (Å²) in [6, 6.07) is 8.13. The van der Waals surface area contributed by atoms with Gasteiger partial charge in [-0.05, 0) is 30.4 Å². The molecule has 0 spiro atoms. The fourth-order valence-corrected chi connectivity index (χ4v) is 3.30. The molecule has 0 aromatic heterocycles. The van der Waals surface area contributed by atoms with Crippen molar-refractivity contribution in [3.8, 4) is 0 Å². The highest BCUT2D eigenvalue weighted by Gasteiger charge is 2.22. The van der Waals surface area contributed by atoms with Gasteiger partial charge in [-0.1, -0.05) is 24.3 Å². The second-order valence-electron chi connectivity index (χ2n) is 5.16. The number of aliphatic hydroxyl groups is 1. The first-order valence-corrected chi connectivity index (χ1v) is 8.57. The third kappa shape index (κ3) is 4.30. The molecule has 5 heteroatoms. The van der Waals surface area contributed by atoms with Crippen LogP contribution < -0.4 is 0 Å². The quantitative estimate of drug-likeness (QED) is 0.889. The molecule has 0 bridgehead atoms. The van der Waals surface area contributed by atoms with Gasteiger partial charge in [0, 0.05) is 6.26 Å². The zero-order valence-electron chi connectivity index (χ0n) is 11.1. The Morgan fingerprint density at radius 1 is 1.42 bits per heavy atom. The monoisotopic (exact) mass is 284 g/mol. The maximum atomic E-state index is 11.1. The number of aliphatic hydroxyl groups excluding tert-OH is 1. The molecule has 0 amide bonds. The number of hydrogen-bond donors (Lipinski definition) is 1. The number of sulfone groups is 1. The lowest BCUT2D eigenvalue weighted by Gasteiger charge is -2.26. The molecule has 106 valence electrons. The molecule has 19 heavy (non-hydrogen) atoms. The smallest absolute Gasteiger partial charge is 0.150 e. The third-order valence-electron chi connectivity index (χ3n) is 3.30. The summed E-state index contributed by atoms with van der Waals surface area (Å²) < 4.78 is 27.9. The molecule has 0 aliphatic heterocycles. The van der Waals surface area contributed by atoms with E-state index in [4.69, 9.17) is 4.74 Å². The van der Waals surface area contributed by atoms with Crippen molar-refractivity contribution in [1.82, 2.24) is 0 Å². The van der Waals surface area contributed by atoms with Crippen LogP contribution in [-0.4, -0.2) is 38.2 Å². The van der Waals surface area contributed by atoms with Crippen LogP contribution in [0.15, 0.2) is 24.3 Å². The van der Waals surface area contributed by atoms with Crippen molar-refractivity contribution in [1.29, 1.82) is 0 Å². The maximum absolute atomic E-state index is 11.1. The van der Waals surface area contributed by atoms with Crippen molar-refractivity contribution < 1.29 is 18.3 Å². The Morgan fingerprint density at radius 2 is 2.16 bits per heavy atom. The van der Waals surface area contributed by atoms with E-state index in [1.807, 2.05) is 18.2 Å². The van der Waals surface area contributed by atoms with Crippen LogP contribution in [0.2, 0.25) is 0 Å². The molecule has 0 heterocycles. The van der Waals surface area contributed by atoms with Crippen molar-refractivity contribution in [3.63, 3.8) is 0 Å². The van der Waals surface area contributed by atoms with E-state index in [2.05, 4.69) is 6.07 Å². The number of rotatable bonds is 5. The summed E-state index contributed by atoms with van der Waals surface area (Å²) in [5, 5.41) is 9.66. The van der Waals surface area contributed by atoms with Crippen molar-refractivity contribution >= 4 is 9.84 Å². The first-order valence-electron chi connectivity index (χ1n) is 6.51. The summed E-state index contributed by atoms with van der Waals surface area (Å²) >= 11 is 0. The zero-order chi connectivity index (χ0) is 13.9. The molecule has 1 aromatic carbocycles. The van der Waals surface area contributed by atoms with E-state index in [9.17, 15) is 13.5 Å². The highest BCUT2D eigenvalue weighted by atomic mass is 32.2. The number of benzene rings is 1. The Morgan fingerprint density at radius 3 is 2.89 bits per heavy atom. The second kappa shape index (κ2) is 6.03. The van der Waals surface area contributed by atoms with Crippen molar-refractivity contribution in [2.45, 2.75) is 31.5 Å². The van der Waals surface area contributed by atoms with Gasteiger partial charge < -0.3 is 9.84 Å². The number of fused-ring (bicyclic) bond motifs is 1. The van der Waals surface area contributed by atoms with Gasteiger partial charge in [0.1, 0.15) is 9.84 Å². The second-order valence-corrected chi connectivity index (χ2v) is 7.34. The normalized spacial score (nSPS) is 20.8. The lowest BCUT2D eigenvalue weighted by Crippen LogP contribution is -2.26. The minimum atomic E-state index is -3.17. The first-order chi connectivity index (χ1) is 8.96. The Hall–Kier alpha value is -0.910. The number of hydrogen-bond acceptors (Lipinski definition) is 4. The van der Waals surface area contributed by atoms with Crippen LogP contribution in [0.1, 0.15) is 30.1 Å². The standard InChI is InChI=1S/C14H20O4S/c1-19(16,17)10-12(15)9-18-14-8-4-6-11-5-2-3-7-13(11)14/h2-3,5,7,12,14-15H,4,6,8-10H2,1H3. The van der Waals surface area contributed by atoms with Crippen LogP contribution >= 0.6 is 0 Å². The molecular weight excluding hydrogens is 264 g/mol. The minimum Gasteiger partial charge on any atom is -0.390 e. The molecule has 2 atom stereocenters. The summed E-state index contributed by atoms with van der Waals surface area (Å²) in [4.78, 5) is 0. The van der Waals surface area contributed by atoms with E-state index in [1.165, 1.54) is 11.1 Å². The van der Waals surface area contributed by atoms with Gasteiger partial charge in [0.05, 0.1) is 24.6 Å². The van der Waals surface area contributed by atoms with E-state index in [0.29, 0.717) is 0 Å². The van der Waals surface area contributed by atoms with Gasteiger partial charge in [-0.15, -0.1) is 0 Å². The lowest BCUT2D eigenvalue weighted by molar-refractivity contribution is -0.0100. The van der Waals surface area contributed by atoms with E-state index < -0.39 is 15.9 Å².